The molecular weight excluding hydrogens is 356 g/mol. The zero-order valence-corrected chi connectivity index (χ0v) is 16.9. The molecule has 5 atom stereocenters. The van der Waals surface area contributed by atoms with E-state index in [0.29, 0.717) is 23.9 Å². The van der Waals surface area contributed by atoms with E-state index in [-0.39, 0.29) is 5.91 Å². The van der Waals surface area contributed by atoms with Crippen molar-refractivity contribution in [3.63, 3.8) is 0 Å². The molecule has 0 radical (unpaired) electrons. The topological polar surface area (TPSA) is 41.1 Å². The fraction of sp³-hybridized carbons (Fsp3) is 0.500. The highest BCUT2D eigenvalue weighted by molar-refractivity contribution is 5.95. The molecule has 0 unspecified atom stereocenters. The molecule has 2 bridgehead atoms. The van der Waals surface area contributed by atoms with Gasteiger partial charge in [0, 0.05) is 17.3 Å². The van der Waals surface area contributed by atoms with Crippen LogP contribution >= 0.6 is 0 Å². The van der Waals surface area contributed by atoms with Gasteiger partial charge in [0.15, 0.2) is 0 Å². The molecule has 2 aromatic carbocycles. The van der Waals surface area contributed by atoms with E-state index in [1.54, 1.807) is 0 Å². The standard InChI is InChI=1S/C26H30N2O/c29-26(27-20-8-4-5-9-20)19-12-13-22-21(15-19)23-17-10-11-18(14-17)24(23)25(28-22)16-6-2-1-3-7-16/h1-3,6-7,12-13,15,17-18,20,23-25,28H,4-5,8-11,14H2,(H,27,29)/t17-,18-,23+,24-,25+/m0/s1. The van der Waals surface area contributed by atoms with Gasteiger partial charge in [0.1, 0.15) is 0 Å². The van der Waals surface area contributed by atoms with Crippen molar-refractivity contribution in [1.82, 2.24) is 5.32 Å². The molecule has 1 heterocycles. The third-order valence-electron chi connectivity index (χ3n) is 8.20. The Morgan fingerprint density at radius 1 is 0.931 bits per heavy atom. The minimum atomic E-state index is 0.115. The maximum absolute atomic E-state index is 12.9. The summed E-state index contributed by atoms with van der Waals surface area (Å²) in [4.78, 5) is 12.9. The molecule has 2 N–H and O–H groups in total. The van der Waals surface area contributed by atoms with Crippen molar-refractivity contribution in [3.05, 3.63) is 65.2 Å². The summed E-state index contributed by atoms with van der Waals surface area (Å²) in [6.45, 7) is 0. The van der Waals surface area contributed by atoms with E-state index in [1.807, 2.05) is 6.07 Å². The van der Waals surface area contributed by atoms with Crippen molar-refractivity contribution >= 4 is 11.6 Å². The Balaban J connectivity index is 1.35. The van der Waals surface area contributed by atoms with Gasteiger partial charge in [-0.25, -0.2) is 0 Å². The van der Waals surface area contributed by atoms with Crippen LogP contribution in [0.1, 0.15) is 78.4 Å². The highest BCUT2D eigenvalue weighted by Gasteiger charge is 2.53. The predicted molar refractivity (Wildman–Crippen MR) is 116 cm³/mol. The van der Waals surface area contributed by atoms with E-state index >= 15 is 0 Å². The van der Waals surface area contributed by atoms with Crippen LogP contribution in [0.4, 0.5) is 5.69 Å². The summed E-state index contributed by atoms with van der Waals surface area (Å²) in [7, 11) is 0. The van der Waals surface area contributed by atoms with Gasteiger partial charge in [-0.1, -0.05) is 43.2 Å². The van der Waals surface area contributed by atoms with Gasteiger partial charge in [-0.2, -0.15) is 0 Å². The summed E-state index contributed by atoms with van der Waals surface area (Å²) in [5.41, 5.74) is 4.89. The average Bonchev–Trinajstić information content (AvgIpc) is 3.51. The summed E-state index contributed by atoms with van der Waals surface area (Å²) >= 11 is 0. The lowest BCUT2D eigenvalue weighted by molar-refractivity contribution is 0.0937. The van der Waals surface area contributed by atoms with Crippen LogP contribution in [-0.2, 0) is 0 Å². The van der Waals surface area contributed by atoms with Crippen LogP contribution in [0.2, 0.25) is 0 Å². The largest absolute Gasteiger partial charge is 0.378 e. The van der Waals surface area contributed by atoms with Gasteiger partial charge in [-0.3, -0.25) is 4.79 Å². The minimum Gasteiger partial charge on any atom is -0.378 e. The van der Waals surface area contributed by atoms with Crippen molar-refractivity contribution < 1.29 is 4.79 Å². The Labute approximate surface area is 173 Å². The first-order valence-electron chi connectivity index (χ1n) is 11.5. The fourth-order valence-electron chi connectivity index (χ4n) is 6.96. The molecule has 1 aliphatic heterocycles. The number of hydrogen-bond donors (Lipinski definition) is 2. The number of nitrogens with one attached hydrogen (secondary N) is 2. The van der Waals surface area contributed by atoms with Crippen LogP contribution in [0, 0.1) is 17.8 Å². The quantitative estimate of drug-likeness (QED) is 0.715. The van der Waals surface area contributed by atoms with E-state index in [2.05, 4.69) is 53.1 Å². The van der Waals surface area contributed by atoms with E-state index in [1.165, 1.54) is 48.9 Å². The molecule has 3 saturated carbocycles. The third-order valence-corrected chi connectivity index (χ3v) is 8.20. The first-order valence-corrected chi connectivity index (χ1v) is 11.5. The summed E-state index contributed by atoms with van der Waals surface area (Å²) in [5.74, 6) is 2.95. The van der Waals surface area contributed by atoms with E-state index in [0.717, 1.165) is 30.2 Å². The van der Waals surface area contributed by atoms with E-state index < -0.39 is 0 Å². The second-order valence-electron chi connectivity index (χ2n) is 9.73. The molecule has 3 nitrogen and oxygen atoms in total. The van der Waals surface area contributed by atoms with Crippen molar-refractivity contribution in [3.8, 4) is 0 Å². The average molecular weight is 387 g/mol. The van der Waals surface area contributed by atoms with Crippen LogP contribution in [0.15, 0.2) is 48.5 Å². The van der Waals surface area contributed by atoms with Crippen LogP contribution in [0.5, 0.6) is 0 Å². The van der Waals surface area contributed by atoms with Gasteiger partial charge in [0.05, 0.1) is 6.04 Å². The van der Waals surface area contributed by atoms with Gasteiger partial charge in [0.2, 0.25) is 0 Å². The zero-order chi connectivity index (χ0) is 19.4. The molecule has 4 aliphatic rings. The van der Waals surface area contributed by atoms with Crippen LogP contribution in [-0.4, -0.2) is 11.9 Å². The molecule has 1 amide bonds. The number of amides is 1. The molecule has 0 spiro atoms. The summed E-state index contributed by atoms with van der Waals surface area (Å²) in [6, 6.07) is 18.1. The second-order valence-corrected chi connectivity index (χ2v) is 9.73. The predicted octanol–water partition coefficient (Wildman–Crippen LogP) is 5.66. The lowest BCUT2D eigenvalue weighted by Gasteiger charge is -2.43. The number of hydrogen-bond acceptors (Lipinski definition) is 2. The zero-order valence-electron chi connectivity index (χ0n) is 16.9. The molecule has 150 valence electrons. The smallest absolute Gasteiger partial charge is 0.251 e. The third kappa shape index (κ3) is 2.89. The van der Waals surface area contributed by atoms with Gasteiger partial charge < -0.3 is 10.6 Å². The molecular formula is C26H30N2O. The molecule has 0 aromatic heterocycles. The Bertz CT molecular complexity index is 918. The molecule has 6 rings (SSSR count). The number of fused-ring (bicyclic) bond motifs is 7. The Hall–Kier alpha value is -2.29. The van der Waals surface area contributed by atoms with Gasteiger partial charge >= 0.3 is 0 Å². The molecule has 2 aromatic rings. The first-order chi connectivity index (χ1) is 14.3. The Morgan fingerprint density at radius 3 is 2.55 bits per heavy atom. The molecule has 3 fully saturated rings. The minimum absolute atomic E-state index is 0.115. The van der Waals surface area contributed by atoms with Crippen molar-refractivity contribution in [1.29, 1.82) is 0 Å². The molecule has 29 heavy (non-hydrogen) atoms. The lowest BCUT2D eigenvalue weighted by Crippen LogP contribution is -2.36. The highest BCUT2D eigenvalue weighted by atomic mass is 16.1. The van der Waals surface area contributed by atoms with E-state index in [9.17, 15) is 4.79 Å². The number of carbonyl (C=O) groups excluding carboxylic acids is 1. The molecule has 3 heteroatoms. The Kier molecular flexibility index (Phi) is 4.18. The van der Waals surface area contributed by atoms with Gasteiger partial charge in [-0.05, 0) is 85.1 Å². The molecule has 3 aliphatic carbocycles. The number of rotatable bonds is 3. The Morgan fingerprint density at radius 2 is 1.72 bits per heavy atom. The van der Waals surface area contributed by atoms with Crippen molar-refractivity contribution in [2.24, 2.45) is 17.8 Å². The summed E-state index contributed by atoms with van der Waals surface area (Å²) < 4.78 is 0. The number of carbonyl (C=O) groups is 1. The van der Waals surface area contributed by atoms with Crippen molar-refractivity contribution in [2.75, 3.05) is 5.32 Å². The second kappa shape index (κ2) is 6.90. The van der Waals surface area contributed by atoms with Crippen molar-refractivity contribution in [2.45, 2.75) is 62.9 Å². The highest BCUT2D eigenvalue weighted by Crippen LogP contribution is 2.63. The van der Waals surface area contributed by atoms with Gasteiger partial charge in [-0.15, -0.1) is 0 Å². The number of benzene rings is 2. The maximum atomic E-state index is 12.9. The SMILES string of the molecule is O=C(NC1CCCC1)c1ccc2c(c1)[C@H]1[C@H]3CC[C@@H](C3)[C@@H]1[C@@H](c1ccccc1)N2. The van der Waals surface area contributed by atoms with E-state index in [4.69, 9.17) is 0 Å². The monoisotopic (exact) mass is 386 g/mol. The summed E-state index contributed by atoms with van der Waals surface area (Å²) in [6.07, 6.45) is 8.83. The maximum Gasteiger partial charge on any atom is 0.251 e. The normalized spacial score (nSPS) is 32.5. The lowest BCUT2D eigenvalue weighted by atomic mass is 9.68. The van der Waals surface area contributed by atoms with Crippen LogP contribution in [0.25, 0.3) is 0 Å². The van der Waals surface area contributed by atoms with Crippen LogP contribution < -0.4 is 10.6 Å². The fourth-order valence-corrected chi connectivity index (χ4v) is 6.96. The van der Waals surface area contributed by atoms with Crippen LogP contribution in [0.3, 0.4) is 0 Å². The number of anilines is 1. The van der Waals surface area contributed by atoms with Gasteiger partial charge in [0.25, 0.3) is 5.91 Å². The summed E-state index contributed by atoms with van der Waals surface area (Å²) in [5, 5.41) is 7.15. The molecule has 0 saturated heterocycles. The first kappa shape index (κ1) is 17.6.